The first kappa shape index (κ1) is 47.3. The largest absolute Gasteiger partial charge is 0.303 e. The lowest BCUT2D eigenvalue weighted by Gasteiger charge is -2.22. The number of rotatable bonds is 33. The van der Waals surface area contributed by atoms with Crippen LogP contribution in [0.3, 0.4) is 0 Å². The summed E-state index contributed by atoms with van der Waals surface area (Å²) in [6.45, 7) is 11.0. The predicted octanol–water partition coefficient (Wildman–Crippen LogP) is 14.9. The zero-order valence-electron chi connectivity index (χ0n) is 33.7. The molecule has 0 amide bonds. The molecule has 0 aliphatic carbocycles. The van der Waals surface area contributed by atoms with Crippen molar-refractivity contribution in [2.75, 3.05) is 19.6 Å². The Labute approximate surface area is 317 Å². The smallest absolute Gasteiger partial charge is 0.295 e. The Bertz CT molecular complexity index is 1150. The molecule has 4 nitrogen and oxygen atoms in total. The maximum atomic E-state index is 11.0. The third kappa shape index (κ3) is 27.6. The standard InChI is InChI=1S/C36H73N.C10H8O3S/c1-4-7-10-13-16-17-18-19-20-21-22-23-24-27-30-33-36-37(34-31-28-25-14-11-8-5-2)35-32-29-26-15-12-9-6-3;11-14(12,13)10-7-3-5-8-4-1-2-6-9(8)10/h19-20H,4-18,21-36H2,1-3H3;1-7H,(H,11,12,13)/b20-19-;. The second kappa shape index (κ2) is 34.1. The molecule has 2 aromatic rings. The van der Waals surface area contributed by atoms with Crippen LogP contribution < -0.4 is 0 Å². The number of fused-ring (bicyclic) bond motifs is 1. The van der Waals surface area contributed by atoms with Crippen molar-refractivity contribution in [2.24, 2.45) is 0 Å². The third-order valence-electron chi connectivity index (χ3n) is 10.2. The van der Waals surface area contributed by atoms with E-state index in [4.69, 9.17) is 4.55 Å². The molecule has 0 heterocycles. The van der Waals surface area contributed by atoms with Crippen molar-refractivity contribution in [1.29, 1.82) is 0 Å². The Morgan fingerprint density at radius 3 is 1.24 bits per heavy atom. The molecular formula is C46H81NO3S. The number of nitrogens with zero attached hydrogens (tertiary/aromatic N) is 1. The van der Waals surface area contributed by atoms with E-state index >= 15 is 0 Å². The predicted molar refractivity (Wildman–Crippen MR) is 226 cm³/mol. The summed E-state index contributed by atoms with van der Waals surface area (Å²) < 4.78 is 31.0. The highest BCUT2D eigenvalue weighted by atomic mass is 32.2. The van der Waals surface area contributed by atoms with Gasteiger partial charge in [0.15, 0.2) is 0 Å². The van der Waals surface area contributed by atoms with Crippen LogP contribution in [0.1, 0.15) is 201 Å². The molecule has 0 spiro atoms. The van der Waals surface area contributed by atoms with Crippen molar-refractivity contribution in [3.05, 3.63) is 54.6 Å². The molecule has 0 aliphatic rings. The average Bonchev–Trinajstić information content (AvgIpc) is 3.13. The Morgan fingerprint density at radius 1 is 0.471 bits per heavy atom. The van der Waals surface area contributed by atoms with Gasteiger partial charge in [-0.25, -0.2) is 0 Å². The quantitative estimate of drug-likeness (QED) is 0.0452. The Hall–Kier alpha value is -1.69. The fourth-order valence-electron chi connectivity index (χ4n) is 6.92. The monoisotopic (exact) mass is 728 g/mol. The lowest BCUT2D eigenvalue weighted by Crippen LogP contribution is -2.27. The molecule has 0 aliphatic heterocycles. The summed E-state index contributed by atoms with van der Waals surface area (Å²) in [5, 5.41) is 1.33. The van der Waals surface area contributed by atoms with Crippen LogP contribution in [0.25, 0.3) is 10.8 Å². The minimum absolute atomic E-state index is 0.0457. The van der Waals surface area contributed by atoms with E-state index in [0.717, 1.165) is 5.39 Å². The number of allylic oxidation sites excluding steroid dienone is 2. The summed E-state index contributed by atoms with van der Waals surface area (Å²) in [4.78, 5) is 2.78. The molecule has 0 atom stereocenters. The SMILES string of the molecule is CCCCCCCC/C=C\CCCCCCCCN(CCCCCCCCC)CCCCCCCCC.O=S(=O)(O)c1cccc2ccccc12. The first-order valence-electron chi connectivity index (χ1n) is 21.8. The van der Waals surface area contributed by atoms with Crippen LogP contribution in [0.2, 0.25) is 0 Å². The number of benzene rings is 2. The van der Waals surface area contributed by atoms with Crippen molar-refractivity contribution in [2.45, 2.75) is 205 Å². The first-order chi connectivity index (χ1) is 24.9. The maximum Gasteiger partial charge on any atom is 0.295 e. The average molecular weight is 728 g/mol. The molecule has 51 heavy (non-hydrogen) atoms. The minimum Gasteiger partial charge on any atom is -0.303 e. The molecule has 0 bridgehead atoms. The van der Waals surface area contributed by atoms with Crippen LogP contribution in [0.15, 0.2) is 59.5 Å². The highest BCUT2D eigenvalue weighted by Gasteiger charge is 2.12. The van der Waals surface area contributed by atoms with Crippen LogP contribution in [-0.4, -0.2) is 37.5 Å². The summed E-state index contributed by atoms with van der Waals surface area (Å²) >= 11 is 0. The van der Waals surface area contributed by atoms with Crippen LogP contribution >= 0.6 is 0 Å². The van der Waals surface area contributed by atoms with Crippen LogP contribution in [0, 0.1) is 0 Å². The highest BCUT2D eigenvalue weighted by molar-refractivity contribution is 7.86. The fraction of sp³-hybridized carbons (Fsp3) is 0.739. The lowest BCUT2D eigenvalue weighted by atomic mass is 10.1. The Morgan fingerprint density at radius 2 is 0.824 bits per heavy atom. The number of hydrogen-bond acceptors (Lipinski definition) is 3. The second-order valence-corrected chi connectivity index (χ2v) is 16.4. The normalized spacial score (nSPS) is 11.9. The molecule has 0 saturated carbocycles. The van der Waals surface area contributed by atoms with Gasteiger partial charge < -0.3 is 4.90 Å². The molecule has 5 heteroatoms. The molecular weight excluding hydrogens is 647 g/mol. The zero-order valence-corrected chi connectivity index (χ0v) is 34.6. The topological polar surface area (TPSA) is 57.6 Å². The number of unbranched alkanes of at least 4 members (excludes halogenated alkanes) is 24. The summed E-state index contributed by atoms with van der Waals surface area (Å²) in [5.41, 5.74) is 0. The third-order valence-corrected chi connectivity index (χ3v) is 11.1. The van der Waals surface area contributed by atoms with E-state index in [2.05, 4.69) is 37.8 Å². The van der Waals surface area contributed by atoms with Gasteiger partial charge in [-0.15, -0.1) is 0 Å². The van der Waals surface area contributed by atoms with Gasteiger partial charge in [-0.2, -0.15) is 8.42 Å². The Kier molecular flexibility index (Phi) is 31.6. The van der Waals surface area contributed by atoms with Crippen molar-refractivity contribution < 1.29 is 13.0 Å². The van der Waals surface area contributed by atoms with E-state index in [1.165, 1.54) is 205 Å². The molecule has 0 aromatic heterocycles. The van der Waals surface area contributed by atoms with E-state index in [-0.39, 0.29) is 4.90 Å². The van der Waals surface area contributed by atoms with Gasteiger partial charge in [0.25, 0.3) is 10.1 Å². The second-order valence-electron chi connectivity index (χ2n) is 15.0. The van der Waals surface area contributed by atoms with Gasteiger partial charge >= 0.3 is 0 Å². The number of hydrogen-bond donors (Lipinski definition) is 1. The Balaban J connectivity index is 0.000000759. The summed E-state index contributed by atoms with van der Waals surface area (Å²) in [6.07, 6.45) is 44.7. The van der Waals surface area contributed by atoms with Gasteiger partial charge in [0.05, 0.1) is 0 Å². The maximum absolute atomic E-state index is 11.0. The van der Waals surface area contributed by atoms with E-state index in [0.29, 0.717) is 5.39 Å². The van der Waals surface area contributed by atoms with Gasteiger partial charge in [0.2, 0.25) is 0 Å². The molecule has 0 radical (unpaired) electrons. The minimum atomic E-state index is -4.13. The van der Waals surface area contributed by atoms with Gasteiger partial charge in [0.1, 0.15) is 4.90 Å². The lowest BCUT2D eigenvalue weighted by molar-refractivity contribution is 0.254. The molecule has 0 fully saturated rings. The van der Waals surface area contributed by atoms with E-state index in [1.54, 1.807) is 30.3 Å². The van der Waals surface area contributed by atoms with Crippen molar-refractivity contribution >= 4 is 20.9 Å². The van der Waals surface area contributed by atoms with Crippen molar-refractivity contribution in [1.82, 2.24) is 4.90 Å². The summed E-state index contributed by atoms with van der Waals surface area (Å²) in [5.74, 6) is 0. The van der Waals surface area contributed by atoms with Gasteiger partial charge in [-0.1, -0.05) is 204 Å². The fourth-order valence-corrected chi connectivity index (χ4v) is 7.64. The van der Waals surface area contributed by atoms with Crippen molar-refractivity contribution in [3.8, 4) is 0 Å². The van der Waals surface area contributed by atoms with Crippen LogP contribution in [0.5, 0.6) is 0 Å². The van der Waals surface area contributed by atoms with E-state index in [9.17, 15) is 8.42 Å². The van der Waals surface area contributed by atoms with Crippen molar-refractivity contribution in [3.63, 3.8) is 0 Å². The molecule has 2 rings (SSSR count). The van der Waals surface area contributed by atoms with Gasteiger partial charge in [-0.3, -0.25) is 4.55 Å². The van der Waals surface area contributed by atoms with E-state index in [1.807, 2.05) is 6.07 Å². The van der Waals surface area contributed by atoms with E-state index < -0.39 is 10.1 Å². The van der Waals surface area contributed by atoms with Crippen LogP contribution in [-0.2, 0) is 10.1 Å². The molecule has 294 valence electrons. The highest BCUT2D eigenvalue weighted by Crippen LogP contribution is 2.22. The molecule has 1 N–H and O–H groups in total. The molecule has 0 saturated heterocycles. The zero-order chi connectivity index (χ0) is 37.1. The summed E-state index contributed by atoms with van der Waals surface area (Å²) in [6, 6.07) is 11.8. The van der Waals surface area contributed by atoms with Crippen LogP contribution in [0.4, 0.5) is 0 Å². The molecule has 0 unspecified atom stereocenters. The summed E-state index contributed by atoms with van der Waals surface area (Å²) in [7, 11) is -4.13. The van der Waals surface area contributed by atoms with Gasteiger partial charge in [0, 0.05) is 5.39 Å². The first-order valence-corrected chi connectivity index (χ1v) is 23.2. The van der Waals surface area contributed by atoms with Gasteiger partial charge in [-0.05, 0) is 76.0 Å². The molecule has 2 aromatic carbocycles.